The third-order valence-corrected chi connectivity index (χ3v) is 2.47. The number of hydrogen-bond donors (Lipinski definition) is 0. The van der Waals surface area contributed by atoms with E-state index in [1.807, 2.05) is 5.38 Å². The summed E-state index contributed by atoms with van der Waals surface area (Å²) in [4.78, 5) is 4.11. The molecule has 0 atom stereocenters. The fourth-order valence-electron chi connectivity index (χ4n) is 1.04. The molecule has 1 aromatic heterocycles. The van der Waals surface area contributed by atoms with Crippen LogP contribution in [0.2, 0.25) is 0 Å². The molecule has 0 amide bonds. The Labute approximate surface area is 72.5 Å². The van der Waals surface area contributed by atoms with Gasteiger partial charge in [0.25, 0.3) is 0 Å². The second-order valence-corrected chi connectivity index (χ2v) is 3.62. The molecule has 0 saturated heterocycles. The van der Waals surface area contributed by atoms with E-state index >= 15 is 0 Å². The zero-order valence-corrected chi connectivity index (χ0v) is 7.78. The van der Waals surface area contributed by atoms with Gasteiger partial charge < -0.3 is 0 Å². The van der Waals surface area contributed by atoms with Crippen LogP contribution in [0, 0.1) is 6.20 Å². The summed E-state index contributed by atoms with van der Waals surface area (Å²) in [5, 5.41) is 3.16. The fourth-order valence-corrected chi connectivity index (χ4v) is 1.65. The molecule has 0 N–H and O–H groups in total. The standard InChI is InChI=1S/C9H14NS/c1-2-3-4-5-6-9-10-7-8-11-9/h8H,2-6H2,1H3. The number of aryl methyl sites for hydroxylation is 1. The van der Waals surface area contributed by atoms with Crippen molar-refractivity contribution in [2.75, 3.05) is 0 Å². The normalized spacial score (nSPS) is 10.3. The van der Waals surface area contributed by atoms with Crippen LogP contribution in [0.5, 0.6) is 0 Å². The van der Waals surface area contributed by atoms with E-state index in [1.54, 1.807) is 11.3 Å². The molecule has 61 valence electrons. The number of unbranched alkanes of at least 4 members (excludes halogenated alkanes) is 3. The van der Waals surface area contributed by atoms with Crippen LogP contribution in [-0.2, 0) is 6.42 Å². The highest BCUT2D eigenvalue weighted by molar-refractivity contribution is 7.09. The predicted molar refractivity (Wildman–Crippen MR) is 48.8 cm³/mol. The average Bonchev–Trinajstić information content (AvgIpc) is 2.50. The smallest absolute Gasteiger partial charge is 0.101 e. The molecule has 1 aromatic rings. The molecule has 0 saturated carbocycles. The summed E-state index contributed by atoms with van der Waals surface area (Å²) in [6, 6.07) is 0. The molecule has 0 spiro atoms. The van der Waals surface area contributed by atoms with E-state index in [-0.39, 0.29) is 0 Å². The minimum atomic E-state index is 1.15. The summed E-state index contributed by atoms with van der Waals surface area (Å²) >= 11 is 1.71. The van der Waals surface area contributed by atoms with Crippen molar-refractivity contribution in [2.45, 2.75) is 39.0 Å². The van der Waals surface area contributed by atoms with Crippen molar-refractivity contribution in [3.63, 3.8) is 0 Å². The van der Waals surface area contributed by atoms with Crippen LogP contribution in [0.3, 0.4) is 0 Å². The maximum Gasteiger partial charge on any atom is 0.101 e. The van der Waals surface area contributed by atoms with E-state index in [0.29, 0.717) is 0 Å². The van der Waals surface area contributed by atoms with Crippen LogP contribution in [-0.4, -0.2) is 4.98 Å². The minimum absolute atomic E-state index is 1.15. The second-order valence-electron chi connectivity index (χ2n) is 2.68. The molecular weight excluding hydrogens is 154 g/mol. The van der Waals surface area contributed by atoms with Crippen molar-refractivity contribution in [2.24, 2.45) is 0 Å². The van der Waals surface area contributed by atoms with Crippen molar-refractivity contribution < 1.29 is 0 Å². The lowest BCUT2D eigenvalue weighted by molar-refractivity contribution is 0.665. The van der Waals surface area contributed by atoms with Crippen LogP contribution in [0.4, 0.5) is 0 Å². The second kappa shape index (κ2) is 5.30. The summed E-state index contributed by atoms with van der Waals surface area (Å²) in [5.74, 6) is 0. The van der Waals surface area contributed by atoms with Gasteiger partial charge in [0.1, 0.15) is 6.20 Å². The first-order chi connectivity index (χ1) is 5.43. The average molecular weight is 168 g/mol. The number of aromatic nitrogens is 1. The van der Waals surface area contributed by atoms with E-state index in [4.69, 9.17) is 0 Å². The molecule has 1 heterocycles. The Bertz CT molecular complexity index is 170. The van der Waals surface area contributed by atoms with Crippen LogP contribution >= 0.6 is 11.3 Å². The lowest BCUT2D eigenvalue weighted by Gasteiger charge is -1.94. The van der Waals surface area contributed by atoms with Crippen molar-refractivity contribution in [1.82, 2.24) is 4.98 Å². The Kier molecular flexibility index (Phi) is 4.21. The van der Waals surface area contributed by atoms with E-state index in [9.17, 15) is 0 Å². The van der Waals surface area contributed by atoms with Crippen LogP contribution in [0.25, 0.3) is 0 Å². The molecule has 0 aliphatic heterocycles. The van der Waals surface area contributed by atoms with Gasteiger partial charge in [-0.05, 0) is 12.8 Å². The molecule has 2 heteroatoms. The van der Waals surface area contributed by atoms with Gasteiger partial charge in [-0.25, -0.2) is 4.98 Å². The molecule has 1 rings (SSSR count). The molecule has 1 nitrogen and oxygen atoms in total. The van der Waals surface area contributed by atoms with Gasteiger partial charge >= 0.3 is 0 Å². The molecule has 1 radical (unpaired) electrons. The van der Waals surface area contributed by atoms with Gasteiger partial charge in [-0.15, -0.1) is 11.3 Å². The number of rotatable bonds is 5. The van der Waals surface area contributed by atoms with Gasteiger partial charge in [0.2, 0.25) is 0 Å². The molecule has 0 aliphatic carbocycles. The fraction of sp³-hybridized carbons (Fsp3) is 0.667. The van der Waals surface area contributed by atoms with Gasteiger partial charge in [-0.2, -0.15) is 0 Å². The maximum absolute atomic E-state index is 4.11. The number of nitrogens with zero attached hydrogens (tertiary/aromatic N) is 1. The Morgan fingerprint density at radius 2 is 2.36 bits per heavy atom. The Hall–Kier alpha value is -0.370. The van der Waals surface area contributed by atoms with Crippen LogP contribution in [0.15, 0.2) is 5.38 Å². The summed E-state index contributed by atoms with van der Waals surface area (Å²) in [6.45, 7) is 2.23. The predicted octanol–water partition coefficient (Wildman–Crippen LogP) is 3.07. The van der Waals surface area contributed by atoms with Crippen molar-refractivity contribution >= 4 is 11.3 Å². The number of thiazole rings is 1. The van der Waals surface area contributed by atoms with Gasteiger partial charge in [0, 0.05) is 5.38 Å². The van der Waals surface area contributed by atoms with E-state index in [1.165, 1.54) is 30.7 Å². The molecule has 0 bridgehead atoms. The van der Waals surface area contributed by atoms with Gasteiger partial charge in [-0.3, -0.25) is 0 Å². The van der Waals surface area contributed by atoms with Crippen molar-refractivity contribution in [3.8, 4) is 0 Å². The summed E-state index contributed by atoms with van der Waals surface area (Å²) in [7, 11) is 0. The molecule has 0 unspecified atom stereocenters. The molecule has 0 aliphatic rings. The zero-order valence-electron chi connectivity index (χ0n) is 6.97. The monoisotopic (exact) mass is 168 g/mol. The number of hydrogen-bond acceptors (Lipinski definition) is 2. The third kappa shape index (κ3) is 3.51. The SMILES string of the molecule is CCCCCCc1n[c]cs1. The Morgan fingerprint density at radius 3 is 3.00 bits per heavy atom. The van der Waals surface area contributed by atoms with E-state index in [0.717, 1.165) is 6.42 Å². The minimum Gasteiger partial charge on any atom is -0.240 e. The molecule has 11 heavy (non-hydrogen) atoms. The highest BCUT2D eigenvalue weighted by Crippen LogP contribution is 2.09. The first-order valence-electron chi connectivity index (χ1n) is 4.24. The summed E-state index contributed by atoms with van der Waals surface area (Å²) in [5.41, 5.74) is 0. The van der Waals surface area contributed by atoms with Gasteiger partial charge in [0.05, 0.1) is 5.01 Å². The van der Waals surface area contributed by atoms with E-state index < -0.39 is 0 Å². The zero-order chi connectivity index (χ0) is 7.94. The summed E-state index contributed by atoms with van der Waals surface area (Å²) < 4.78 is 0. The first kappa shape index (κ1) is 8.72. The highest BCUT2D eigenvalue weighted by atomic mass is 32.1. The maximum atomic E-state index is 4.11. The van der Waals surface area contributed by atoms with Crippen LogP contribution in [0.1, 0.15) is 37.6 Å². The van der Waals surface area contributed by atoms with Gasteiger partial charge in [-0.1, -0.05) is 26.2 Å². The Balaban J connectivity index is 2.04. The molecule has 0 fully saturated rings. The lowest BCUT2D eigenvalue weighted by Crippen LogP contribution is -1.83. The van der Waals surface area contributed by atoms with Crippen molar-refractivity contribution in [1.29, 1.82) is 0 Å². The highest BCUT2D eigenvalue weighted by Gasteiger charge is 1.94. The Morgan fingerprint density at radius 1 is 1.45 bits per heavy atom. The first-order valence-corrected chi connectivity index (χ1v) is 5.12. The van der Waals surface area contributed by atoms with E-state index in [2.05, 4.69) is 18.1 Å². The largest absolute Gasteiger partial charge is 0.240 e. The topological polar surface area (TPSA) is 12.9 Å². The quantitative estimate of drug-likeness (QED) is 0.616. The summed E-state index contributed by atoms with van der Waals surface area (Å²) in [6.07, 6.45) is 9.28. The third-order valence-electron chi connectivity index (χ3n) is 1.68. The van der Waals surface area contributed by atoms with Gasteiger partial charge in [0.15, 0.2) is 0 Å². The van der Waals surface area contributed by atoms with Crippen molar-refractivity contribution in [3.05, 3.63) is 16.6 Å². The van der Waals surface area contributed by atoms with Crippen LogP contribution < -0.4 is 0 Å². The molecular formula is C9H14NS. The molecule has 0 aromatic carbocycles. The lowest BCUT2D eigenvalue weighted by atomic mass is 10.2.